The molecule has 16 heavy (non-hydrogen) atoms. The largest absolute Gasteiger partial charge is 0.416 e. The first-order valence-electron chi connectivity index (χ1n) is 4.90. The molecule has 1 aromatic rings. The van der Waals surface area contributed by atoms with Gasteiger partial charge < -0.3 is 0 Å². The molecule has 0 saturated carbocycles. The quantitative estimate of drug-likeness (QED) is 0.736. The topological polar surface area (TPSA) is 0 Å². The fraction of sp³-hybridized carbons (Fsp3) is 0.333. The van der Waals surface area contributed by atoms with E-state index in [1.807, 2.05) is 19.3 Å². The first kappa shape index (κ1) is 13.2. The number of halogens is 3. The lowest BCUT2D eigenvalue weighted by molar-refractivity contribution is -0.137. The van der Waals surface area contributed by atoms with Gasteiger partial charge in [0, 0.05) is 4.91 Å². The van der Waals surface area contributed by atoms with Crippen molar-refractivity contribution in [3.8, 4) is 0 Å². The molecule has 0 radical (unpaired) electrons. The Balaban J connectivity index is 2.99. The molecule has 0 aliphatic carbocycles. The van der Waals surface area contributed by atoms with Gasteiger partial charge in [-0.1, -0.05) is 25.1 Å². The second-order valence-corrected chi connectivity index (χ2v) is 4.10. The average Bonchev–Trinajstić information content (AvgIpc) is 2.25. The molecule has 0 fully saturated rings. The van der Waals surface area contributed by atoms with Gasteiger partial charge in [-0.25, -0.2) is 0 Å². The van der Waals surface area contributed by atoms with Crippen LogP contribution in [0.15, 0.2) is 30.3 Å². The van der Waals surface area contributed by atoms with E-state index in [9.17, 15) is 13.2 Å². The van der Waals surface area contributed by atoms with Gasteiger partial charge in [0.25, 0.3) is 0 Å². The van der Waals surface area contributed by atoms with E-state index in [0.29, 0.717) is 0 Å². The summed E-state index contributed by atoms with van der Waals surface area (Å²) in [6, 6.07) is 5.27. The van der Waals surface area contributed by atoms with E-state index in [1.54, 1.807) is 11.8 Å². The summed E-state index contributed by atoms with van der Waals surface area (Å²) in [6.07, 6.45) is 0.538. The van der Waals surface area contributed by atoms with Crippen molar-refractivity contribution in [3.05, 3.63) is 41.5 Å². The third kappa shape index (κ3) is 3.30. The molecule has 0 spiro atoms. The van der Waals surface area contributed by atoms with Crippen LogP contribution >= 0.6 is 11.8 Å². The molecule has 0 nitrogen and oxygen atoms in total. The van der Waals surface area contributed by atoms with E-state index in [-0.39, 0.29) is 0 Å². The molecule has 0 N–H and O–H groups in total. The van der Waals surface area contributed by atoms with Gasteiger partial charge in [-0.15, -0.1) is 11.8 Å². The Bertz CT molecular complexity index is 363. The second-order valence-electron chi connectivity index (χ2n) is 3.26. The fourth-order valence-electron chi connectivity index (χ4n) is 1.33. The monoisotopic (exact) mass is 246 g/mol. The zero-order valence-electron chi connectivity index (χ0n) is 9.14. The number of hydrogen-bond acceptors (Lipinski definition) is 1. The molecule has 1 rings (SSSR count). The maximum Gasteiger partial charge on any atom is 0.416 e. The van der Waals surface area contributed by atoms with E-state index < -0.39 is 11.7 Å². The minimum absolute atomic E-state index is 0.604. The highest BCUT2D eigenvalue weighted by atomic mass is 32.2. The van der Waals surface area contributed by atoms with Gasteiger partial charge in [0.2, 0.25) is 0 Å². The highest BCUT2D eigenvalue weighted by Gasteiger charge is 2.29. The molecule has 1 aromatic carbocycles. The van der Waals surface area contributed by atoms with E-state index in [4.69, 9.17) is 0 Å². The minimum Gasteiger partial charge on any atom is -0.166 e. The Kier molecular flexibility index (Phi) is 4.47. The average molecular weight is 246 g/mol. The molecular formula is C12H13F3S. The first-order valence-corrected chi connectivity index (χ1v) is 6.13. The Morgan fingerprint density at radius 1 is 1.25 bits per heavy atom. The molecule has 0 aromatic heterocycles. The fourth-order valence-corrected chi connectivity index (χ4v) is 2.03. The summed E-state index contributed by atoms with van der Waals surface area (Å²) in [5.74, 6) is 0. The molecule has 0 atom stereocenters. The zero-order valence-corrected chi connectivity index (χ0v) is 9.95. The predicted octanol–water partition coefficient (Wildman–Crippen LogP) is 4.82. The van der Waals surface area contributed by atoms with Gasteiger partial charge in [0.05, 0.1) is 5.56 Å². The van der Waals surface area contributed by atoms with Gasteiger partial charge in [-0.2, -0.15) is 13.2 Å². The van der Waals surface area contributed by atoms with Gasteiger partial charge in [-0.3, -0.25) is 0 Å². The lowest BCUT2D eigenvalue weighted by Crippen LogP contribution is -2.04. The van der Waals surface area contributed by atoms with Crippen LogP contribution in [0, 0.1) is 0 Å². The minimum atomic E-state index is -4.26. The van der Waals surface area contributed by atoms with Crippen LogP contribution in [0.4, 0.5) is 13.2 Å². The summed E-state index contributed by atoms with van der Waals surface area (Å²) in [7, 11) is 0. The number of hydrogen-bond donors (Lipinski definition) is 0. The number of allylic oxidation sites excluding steroid dienone is 1. The number of rotatable bonds is 3. The van der Waals surface area contributed by atoms with Crippen molar-refractivity contribution in [2.45, 2.75) is 19.5 Å². The summed E-state index contributed by atoms with van der Waals surface area (Å²) in [5.41, 5.74) is 0.232. The maximum absolute atomic E-state index is 12.3. The Hall–Kier alpha value is -0.900. The van der Waals surface area contributed by atoms with Crippen molar-refractivity contribution in [3.63, 3.8) is 0 Å². The van der Waals surface area contributed by atoms with Gasteiger partial charge in [-0.05, 0) is 30.4 Å². The summed E-state index contributed by atoms with van der Waals surface area (Å²) in [5, 5.41) is 0. The normalized spacial score (nSPS) is 12.9. The van der Waals surface area contributed by atoms with E-state index >= 15 is 0 Å². The van der Waals surface area contributed by atoms with Crippen LogP contribution in [0.25, 0.3) is 4.91 Å². The SMILES string of the molecule is CC/C=C(\SC)c1ccc(C(F)(F)F)cc1. The van der Waals surface area contributed by atoms with Crippen LogP contribution < -0.4 is 0 Å². The summed E-state index contributed by atoms with van der Waals surface area (Å²) >= 11 is 1.54. The molecule has 0 aliphatic heterocycles. The Morgan fingerprint density at radius 2 is 1.81 bits per heavy atom. The van der Waals surface area contributed by atoms with Crippen molar-refractivity contribution in [2.75, 3.05) is 6.26 Å². The van der Waals surface area contributed by atoms with Crippen molar-refractivity contribution in [2.24, 2.45) is 0 Å². The van der Waals surface area contributed by atoms with E-state index in [1.165, 1.54) is 12.1 Å². The summed E-state index contributed by atoms with van der Waals surface area (Å²) < 4.78 is 37.0. The molecule has 0 amide bonds. The van der Waals surface area contributed by atoms with Crippen molar-refractivity contribution >= 4 is 16.7 Å². The molecule has 0 aliphatic rings. The molecule has 4 heteroatoms. The number of benzene rings is 1. The van der Waals surface area contributed by atoms with Gasteiger partial charge in [0.15, 0.2) is 0 Å². The summed E-state index contributed by atoms with van der Waals surface area (Å²) in [6.45, 7) is 2.00. The molecule has 0 heterocycles. The molecule has 0 bridgehead atoms. The standard InChI is InChI=1S/C12H13F3S/c1-3-4-11(16-2)9-5-7-10(8-6-9)12(13,14)15/h4-8H,3H2,1-2H3/b11-4-. The lowest BCUT2D eigenvalue weighted by atomic mass is 10.1. The highest BCUT2D eigenvalue weighted by molar-refractivity contribution is 8.07. The van der Waals surface area contributed by atoms with Crippen LogP contribution in [-0.2, 0) is 6.18 Å². The Morgan fingerprint density at radius 3 is 2.19 bits per heavy atom. The van der Waals surface area contributed by atoms with Crippen LogP contribution in [0.1, 0.15) is 24.5 Å². The second kappa shape index (κ2) is 5.43. The van der Waals surface area contributed by atoms with Crippen LogP contribution in [-0.4, -0.2) is 6.26 Å². The molecule has 88 valence electrons. The number of alkyl halides is 3. The van der Waals surface area contributed by atoms with Crippen LogP contribution in [0.2, 0.25) is 0 Å². The predicted molar refractivity (Wildman–Crippen MR) is 63.2 cm³/mol. The third-order valence-corrected chi connectivity index (χ3v) is 2.95. The maximum atomic E-state index is 12.3. The third-order valence-electron chi connectivity index (χ3n) is 2.11. The first-order chi connectivity index (χ1) is 7.49. The lowest BCUT2D eigenvalue weighted by Gasteiger charge is -2.08. The molecular weight excluding hydrogens is 233 g/mol. The van der Waals surface area contributed by atoms with E-state index in [0.717, 1.165) is 29.0 Å². The smallest absolute Gasteiger partial charge is 0.166 e. The van der Waals surface area contributed by atoms with E-state index in [2.05, 4.69) is 0 Å². The van der Waals surface area contributed by atoms with Crippen molar-refractivity contribution < 1.29 is 13.2 Å². The van der Waals surface area contributed by atoms with Crippen molar-refractivity contribution in [1.82, 2.24) is 0 Å². The Labute approximate surface area is 97.6 Å². The zero-order chi connectivity index (χ0) is 12.2. The van der Waals surface area contributed by atoms with Crippen molar-refractivity contribution in [1.29, 1.82) is 0 Å². The van der Waals surface area contributed by atoms with Crippen LogP contribution in [0.3, 0.4) is 0 Å². The molecule has 0 unspecified atom stereocenters. The molecule has 0 saturated heterocycles. The van der Waals surface area contributed by atoms with Crippen LogP contribution in [0.5, 0.6) is 0 Å². The number of thioether (sulfide) groups is 1. The highest BCUT2D eigenvalue weighted by Crippen LogP contribution is 2.32. The summed E-state index contributed by atoms with van der Waals surface area (Å²) in [4.78, 5) is 1.01. The van der Waals surface area contributed by atoms with Gasteiger partial charge in [0.1, 0.15) is 0 Å². The van der Waals surface area contributed by atoms with Gasteiger partial charge >= 0.3 is 6.18 Å².